The summed E-state index contributed by atoms with van der Waals surface area (Å²) in [5, 5.41) is 21.5. The summed E-state index contributed by atoms with van der Waals surface area (Å²) in [5.41, 5.74) is 0.995. The number of halogens is 1. The third-order valence-electron chi connectivity index (χ3n) is 5.42. The number of carbonyl (C=O) groups excluding carboxylic acids is 2. The second-order valence-electron chi connectivity index (χ2n) is 9.92. The van der Waals surface area contributed by atoms with Gasteiger partial charge in [-0.1, -0.05) is 77.4 Å². The Morgan fingerprint density at radius 1 is 0.968 bits per heavy atom. The van der Waals surface area contributed by atoms with E-state index in [-0.39, 0.29) is 28.2 Å². The van der Waals surface area contributed by atoms with E-state index in [0.717, 1.165) is 5.56 Å². The molecular weight excluding hydrogens is 414 g/mol. The molecule has 1 heterocycles. The van der Waals surface area contributed by atoms with Crippen molar-refractivity contribution in [1.82, 2.24) is 0 Å². The van der Waals surface area contributed by atoms with Gasteiger partial charge in [0, 0.05) is 10.4 Å². The van der Waals surface area contributed by atoms with Gasteiger partial charge in [-0.25, -0.2) is 0 Å². The van der Waals surface area contributed by atoms with E-state index in [0.29, 0.717) is 10.6 Å². The first-order valence-corrected chi connectivity index (χ1v) is 10.5. The van der Waals surface area contributed by atoms with Crippen LogP contribution in [0.5, 0.6) is 5.75 Å². The molecule has 5 nitrogen and oxygen atoms in total. The summed E-state index contributed by atoms with van der Waals surface area (Å²) in [6.07, 6.45) is 0. The Morgan fingerprint density at radius 3 is 2.06 bits per heavy atom. The standard InChI is InChI=1S/C25H28ClNO4/c1-24(2,3)15-9-7-14(8-10-15)20-19(22(30)25(4,5)6)21(29)23(31)27(20)17-13-16(26)11-12-18(17)28/h7-13,20,28-29H,1-6H3. The van der Waals surface area contributed by atoms with E-state index in [4.69, 9.17) is 11.6 Å². The fourth-order valence-electron chi connectivity index (χ4n) is 3.66. The molecule has 0 bridgehead atoms. The highest BCUT2D eigenvalue weighted by Crippen LogP contribution is 2.46. The minimum absolute atomic E-state index is 0.0142. The number of benzene rings is 2. The molecule has 31 heavy (non-hydrogen) atoms. The number of Topliss-reactive ketones (excluding diaryl/α,β-unsaturated/α-hetero) is 1. The van der Waals surface area contributed by atoms with Gasteiger partial charge in [-0.3, -0.25) is 14.5 Å². The van der Waals surface area contributed by atoms with Gasteiger partial charge in [0.25, 0.3) is 5.91 Å². The zero-order valence-corrected chi connectivity index (χ0v) is 19.4. The van der Waals surface area contributed by atoms with Crippen molar-refractivity contribution < 1.29 is 19.8 Å². The van der Waals surface area contributed by atoms with E-state index in [1.54, 1.807) is 20.8 Å². The maximum absolute atomic E-state index is 13.3. The van der Waals surface area contributed by atoms with E-state index in [1.165, 1.54) is 23.1 Å². The van der Waals surface area contributed by atoms with Gasteiger partial charge in [-0.15, -0.1) is 0 Å². The van der Waals surface area contributed by atoms with Crippen molar-refractivity contribution in [3.8, 4) is 5.75 Å². The molecule has 2 aromatic carbocycles. The number of carbonyl (C=O) groups is 2. The highest BCUT2D eigenvalue weighted by Gasteiger charge is 2.47. The van der Waals surface area contributed by atoms with Gasteiger partial charge in [-0.05, 0) is 34.7 Å². The Hall–Kier alpha value is -2.79. The number of phenols is 1. The predicted octanol–water partition coefficient (Wildman–Crippen LogP) is 5.86. The van der Waals surface area contributed by atoms with Crippen LogP contribution in [-0.4, -0.2) is 21.9 Å². The van der Waals surface area contributed by atoms with Crippen LogP contribution in [0.15, 0.2) is 53.8 Å². The van der Waals surface area contributed by atoms with Gasteiger partial charge in [0.15, 0.2) is 11.5 Å². The molecular formula is C25H28ClNO4. The quantitative estimate of drug-likeness (QED) is 0.625. The van der Waals surface area contributed by atoms with Gasteiger partial charge in [-0.2, -0.15) is 0 Å². The second-order valence-corrected chi connectivity index (χ2v) is 10.4. The smallest absolute Gasteiger partial charge is 0.294 e. The van der Waals surface area contributed by atoms with E-state index >= 15 is 0 Å². The largest absolute Gasteiger partial charge is 0.506 e. The van der Waals surface area contributed by atoms with Crippen molar-refractivity contribution in [2.45, 2.75) is 53.0 Å². The molecule has 1 aliphatic rings. The first-order valence-electron chi connectivity index (χ1n) is 10.1. The molecule has 3 rings (SSSR count). The number of aliphatic hydroxyl groups excluding tert-OH is 1. The van der Waals surface area contributed by atoms with Gasteiger partial charge in [0.2, 0.25) is 0 Å². The average Bonchev–Trinajstić information content (AvgIpc) is 2.93. The summed E-state index contributed by atoms with van der Waals surface area (Å²) in [7, 11) is 0. The molecule has 0 radical (unpaired) electrons. The number of phenolic OH excluding ortho intramolecular Hbond substituents is 1. The van der Waals surface area contributed by atoms with E-state index < -0.39 is 23.1 Å². The monoisotopic (exact) mass is 441 g/mol. The van der Waals surface area contributed by atoms with Crippen LogP contribution < -0.4 is 4.90 Å². The van der Waals surface area contributed by atoms with E-state index in [9.17, 15) is 19.8 Å². The van der Waals surface area contributed by atoms with Crippen molar-refractivity contribution in [1.29, 1.82) is 0 Å². The Bertz CT molecular complexity index is 1070. The molecule has 6 heteroatoms. The van der Waals surface area contributed by atoms with E-state index in [1.807, 2.05) is 24.3 Å². The maximum Gasteiger partial charge on any atom is 0.294 e. The molecule has 0 saturated heterocycles. The summed E-state index contributed by atoms with van der Waals surface area (Å²) in [6, 6.07) is 11.0. The Kier molecular flexibility index (Phi) is 5.70. The van der Waals surface area contributed by atoms with Gasteiger partial charge < -0.3 is 10.2 Å². The van der Waals surface area contributed by atoms with Gasteiger partial charge in [0.05, 0.1) is 17.3 Å². The number of rotatable bonds is 3. The lowest BCUT2D eigenvalue weighted by molar-refractivity contribution is -0.123. The minimum atomic E-state index is -0.891. The molecule has 0 spiro atoms. The van der Waals surface area contributed by atoms with Gasteiger partial charge >= 0.3 is 0 Å². The third-order valence-corrected chi connectivity index (χ3v) is 5.66. The Labute approximate surface area is 188 Å². The molecule has 0 aliphatic carbocycles. The van der Waals surface area contributed by atoms with Crippen LogP contribution in [0, 0.1) is 5.41 Å². The van der Waals surface area contributed by atoms with Crippen molar-refractivity contribution in [3.63, 3.8) is 0 Å². The zero-order valence-electron chi connectivity index (χ0n) is 18.7. The summed E-state index contributed by atoms with van der Waals surface area (Å²) >= 11 is 6.12. The van der Waals surface area contributed by atoms with Gasteiger partial charge in [0.1, 0.15) is 5.75 Å². The lowest BCUT2D eigenvalue weighted by Gasteiger charge is -2.30. The molecule has 0 fully saturated rings. The molecule has 1 amide bonds. The number of anilines is 1. The van der Waals surface area contributed by atoms with Crippen molar-refractivity contribution in [2.75, 3.05) is 4.90 Å². The van der Waals surface area contributed by atoms with Crippen LogP contribution >= 0.6 is 11.6 Å². The van der Waals surface area contributed by atoms with Crippen LogP contribution in [0.4, 0.5) is 5.69 Å². The topological polar surface area (TPSA) is 77.8 Å². The first kappa shape index (κ1) is 22.9. The molecule has 0 saturated carbocycles. The van der Waals surface area contributed by atoms with Crippen LogP contribution in [0.25, 0.3) is 0 Å². The SMILES string of the molecule is CC(C)(C)C(=O)C1=C(O)C(=O)N(c2cc(Cl)ccc2O)C1c1ccc(C(C)(C)C)cc1. The first-order chi connectivity index (χ1) is 14.2. The maximum atomic E-state index is 13.3. The number of nitrogens with zero attached hydrogens (tertiary/aromatic N) is 1. The molecule has 1 atom stereocenters. The number of ketones is 1. The Balaban J connectivity index is 2.23. The molecule has 2 aromatic rings. The van der Waals surface area contributed by atoms with E-state index in [2.05, 4.69) is 20.8 Å². The zero-order chi connectivity index (χ0) is 23.3. The third kappa shape index (κ3) is 4.19. The molecule has 1 aliphatic heterocycles. The number of amides is 1. The van der Waals surface area contributed by atoms with Crippen LogP contribution in [-0.2, 0) is 15.0 Å². The molecule has 1 unspecified atom stereocenters. The summed E-state index contributed by atoms with van der Waals surface area (Å²) < 4.78 is 0. The van der Waals surface area contributed by atoms with Crippen molar-refractivity contribution >= 4 is 29.0 Å². The molecule has 0 aromatic heterocycles. The lowest BCUT2D eigenvalue weighted by atomic mass is 9.81. The Morgan fingerprint density at radius 2 is 1.55 bits per heavy atom. The highest BCUT2D eigenvalue weighted by atomic mass is 35.5. The number of aromatic hydroxyl groups is 1. The lowest BCUT2D eigenvalue weighted by Crippen LogP contribution is -2.33. The molecule has 2 N–H and O–H groups in total. The summed E-state index contributed by atoms with van der Waals surface area (Å²) in [5.74, 6) is -1.88. The second kappa shape index (κ2) is 7.72. The summed E-state index contributed by atoms with van der Waals surface area (Å²) in [4.78, 5) is 27.6. The average molecular weight is 442 g/mol. The number of hydrogen-bond donors (Lipinski definition) is 2. The summed E-state index contributed by atoms with van der Waals surface area (Å²) in [6.45, 7) is 11.5. The van der Waals surface area contributed by atoms with Crippen LogP contribution in [0.2, 0.25) is 5.02 Å². The molecule has 164 valence electrons. The van der Waals surface area contributed by atoms with Crippen LogP contribution in [0.1, 0.15) is 58.7 Å². The fourth-order valence-corrected chi connectivity index (χ4v) is 3.83. The highest BCUT2D eigenvalue weighted by molar-refractivity contribution is 6.31. The normalized spacial score (nSPS) is 17.5. The minimum Gasteiger partial charge on any atom is -0.506 e. The van der Waals surface area contributed by atoms with Crippen molar-refractivity contribution in [3.05, 3.63) is 69.9 Å². The number of aliphatic hydroxyl groups is 1. The predicted molar refractivity (Wildman–Crippen MR) is 123 cm³/mol. The van der Waals surface area contributed by atoms with Crippen molar-refractivity contribution in [2.24, 2.45) is 5.41 Å². The van der Waals surface area contributed by atoms with Crippen LogP contribution in [0.3, 0.4) is 0 Å². The fraction of sp³-hybridized carbons (Fsp3) is 0.360. The number of hydrogen-bond acceptors (Lipinski definition) is 4.